The normalized spacial score (nSPS) is 15.6. The van der Waals surface area contributed by atoms with Crippen LogP contribution in [0, 0.1) is 5.82 Å². The van der Waals surface area contributed by atoms with E-state index in [2.05, 4.69) is 28.7 Å². The van der Waals surface area contributed by atoms with Gasteiger partial charge in [-0.1, -0.05) is 19.9 Å². The smallest absolute Gasteiger partial charge is 0.151 e. The van der Waals surface area contributed by atoms with Crippen LogP contribution in [0.1, 0.15) is 38.6 Å². The van der Waals surface area contributed by atoms with Crippen LogP contribution in [0.4, 0.5) is 4.39 Å². The quantitative estimate of drug-likeness (QED) is 0.896. The zero-order valence-electron chi connectivity index (χ0n) is 11.5. The Morgan fingerprint density at radius 2 is 2.21 bits per heavy atom. The van der Waals surface area contributed by atoms with E-state index in [1.165, 1.54) is 18.9 Å². The number of nitrogens with one attached hydrogen (secondary N) is 1. The maximum absolute atomic E-state index is 13.8. The molecule has 0 bridgehead atoms. The highest BCUT2D eigenvalue weighted by molar-refractivity contribution is 5.77. The molecule has 2 aromatic rings. The molecular formula is C15H20FN3. The van der Waals surface area contributed by atoms with Gasteiger partial charge in [0.1, 0.15) is 11.3 Å². The third-order valence-electron chi connectivity index (χ3n) is 3.56. The van der Waals surface area contributed by atoms with Crippen LogP contribution in [0.15, 0.2) is 18.2 Å². The monoisotopic (exact) mass is 261 g/mol. The highest BCUT2D eigenvalue weighted by Crippen LogP contribution is 2.39. The number of nitrogens with zero attached hydrogens (tertiary/aromatic N) is 2. The van der Waals surface area contributed by atoms with Crippen molar-refractivity contribution in [2.45, 2.75) is 45.2 Å². The molecule has 102 valence electrons. The van der Waals surface area contributed by atoms with Crippen LogP contribution >= 0.6 is 0 Å². The molecule has 0 aliphatic heterocycles. The standard InChI is InChI=1S/C15H20FN3/c1-10(2)17-9-8-14-18-15-12(16)4-3-5-13(15)19(14)11-6-7-11/h3-5,10-11,17H,6-9H2,1-2H3. The zero-order chi connectivity index (χ0) is 13.4. The number of benzene rings is 1. The van der Waals surface area contributed by atoms with Crippen LogP contribution in [0.5, 0.6) is 0 Å². The number of imidazole rings is 1. The summed E-state index contributed by atoms with van der Waals surface area (Å²) in [5.41, 5.74) is 1.47. The molecule has 19 heavy (non-hydrogen) atoms. The number of fused-ring (bicyclic) bond motifs is 1. The molecule has 1 aliphatic rings. The van der Waals surface area contributed by atoms with E-state index in [1.54, 1.807) is 6.07 Å². The van der Waals surface area contributed by atoms with Gasteiger partial charge in [-0.2, -0.15) is 0 Å². The molecule has 4 heteroatoms. The zero-order valence-corrected chi connectivity index (χ0v) is 11.5. The van der Waals surface area contributed by atoms with E-state index in [1.807, 2.05) is 6.07 Å². The van der Waals surface area contributed by atoms with Crippen LogP contribution in [-0.4, -0.2) is 22.1 Å². The van der Waals surface area contributed by atoms with E-state index >= 15 is 0 Å². The molecule has 3 nitrogen and oxygen atoms in total. The summed E-state index contributed by atoms with van der Waals surface area (Å²) in [5, 5.41) is 3.39. The first-order valence-electron chi connectivity index (χ1n) is 7.05. The van der Waals surface area contributed by atoms with Gasteiger partial charge in [-0.15, -0.1) is 0 Å². The van der Waals surface area contributed by atoms with Crippen LogP contribution in [0.2, 0.25) is 0 Å². The van der Waals surface area contributed by atoms with Gasteiger partial charge in [0.05, 0.1) is 5.52 Å². The Bertz CT molecular complexity index is 584. The third kappa shape index (κ3) is 2.50. The first-order valence-corrected chi connectivity index (χ1v) is 7.05. The summed E-state index contributed by atoms with van der Waals surface area (Å²) in [6.07, 6.45) is 3.22. The van der Waals surface area contributed by atoms with Crippen molar-refractivity contribution in [2.24, 2.45) is 0 Å². The van der Waals surface area contributed by atoms with Gasteiger partial charge >= 0.3 is 0 Å². The Morgan fingerprint density at radius 3 is 2.89 bits per heavy atom. The molecule has 0 spiro atoms. The predicted molar refractivity (Wildman–Crippen MR) is 74.8 cm³/mol. The average molecular weight is 261 g/mol. The average Bonchev–Trinajstić information content (AvgIpc) is 3.11. The molecule has 3 rings (SSSR count). The van der Waals surface area contributed by atoms with Gasteiger partial charge in [-0.05, 0) is 25.0 Å². The van der Waals surface area contributed by atoms with Crippen molar-refractivity contribution >= 4 is 11.0 Å². The van der Waals surface area contributed by atoms with Crippen molar-refractivity contribution in [1.82, 2.24) is 14.9 Å². The molecule has 0 saturated heterocycles. The number of para-hydroxylation sites is 1. The minimum atomic E-state index is -0.213. The van der Waals surface area contributed by atoms with Gasteiger partial charge in [0.25, 0.3) is 0 Å². The fourth-order valence-corrected chi connectivity index (χ4v) is 2.52. The number of halogens is 1. The van der Waals surface area contributed by atoms with Crippen LogP contribution < -0.4 is 5.32 Å². The molecule has 1 saturated carbocycles. The van der Waals surface area contributed by atoms with Crippen LogP contribution in [0.3, 0.4) is 0 Å². The number of hydrogen-bond donors (Lipinski definition) is 1. The summed E-state index contributed by atoms with van der Waals surface area (Å²) in [6, 6.07) is 6.23. The molecule has 0 atom stereocenters. The maximum Gasteiger partial charge on any atom is 0.151 e. The Kier molecular flexibility index (Phi) is 3.27. The summed E-state index contributed by atoms with van der Waals surface area (Å²) < 4.78 is 16.1. The van der Waals surface area contributed by atoms with Crippen molar-refractivity contribution in [1.29, 1.82) is 0 Å². The lowest BCUT2D eigenvalue weighted by Crippen LogP contribution is -2.25. The molecule has 1 aromatic carbocycles. The molecule has 0 radical (unpaired) electrons. The van der Waals surface area contributed by atoms with Gasteiger partial charge in [0.15, 0.2) is 5.82 Å². The van der Waals surface area contributed by atoms with Crippen molar-refractivity contribution in [2.75, 3.05) is 6.54 Å². The summed E-state index contributed by atoms with van der Waals surface area (Å²) in [5.74, 6) is 0.797. The second kappa shape index (κ2) is 4.93. The van der Waals surface area contributed by atoms with E-state index in [4.69, 9.17) is 0 Å². The predicted octanol–water partition coefficient (Wildman–Crippen LogP) is 3.05. The Hall–Kier alpha value is -1.42. The van der Waals surface area contributed by atoms with E-state index in [9.17, 15) is 4.39 Å². The van der Waals surface area contributed by atoms with E-state index in [0.29, 0.717) is 17.6 Å². The lowest BCUT2D eigenvalue weighted by atomic mass is 10.3. The summed E-state index contributed by atoms with van der Waals surface area (Å²) in [6.45, 7) is 5.14. The fraction of sp³-hybridized carbons (Fsp3) is 0.533. The highest BCUT2D eigenvalue weighted by Gasteiger charge is 2.28. The SMILES string of the molecule is CC(C)NCCc1nc2c(F)cccc2n1C1CC1. The highest BCUT2D eigenvalue weighted by atomic mass is 19.1. The Morgan fingerprint density at radius 1 is 1.42 bits per heavy atom. The maximum atomic E-state index is 13.8. The van der Waals surface area contributed by atoms with E-state index < -0.39 is 0 Å². The lowest BCUT2D eigenvalue weighted by Gasteiger charge is -2.10. The van der Waals surface area contributed by atoms with Gasteiger partial charge in [0, 0.05) is 25.0 Å². The largest absolute Gasteiger partial charge is 0.325 e. The lowest BCUT2D eigenvalue weighted by molar-refractivity contribution is 0.571. The van der Waals surface area contributed by atoms with Gasteiger partial charge in [-0.25, -0.2) is 9.37 Å². The number of aromatic nitrogens is 2. The molecule has 1 heterocycles. The van der Waals surface area contributed by atoms with E-state index in [0.717, 1.165) is 24.3 Å². The molecular weight excluding hydrogens is 241 g/mol. The van der Waals surface area contributed by atoms with Crippen molar-refractivity contribution < 1.29 is 4.39 Å². The molecule has 0 unspecified atom stereocenters. The van der Waals surface area contributed by atoms with Crippen molar-refractivity contribution in [3.05, 3.63) is 29.8 Å². The molecule has 1 aliphatic carbocycles. The second-order valence-electron chi connectivity index (χ2n) is 5.60. The minimum absolute atomic E-state index is 0.213. The molecule has 1 N–H and O–H groups in total. The van der Waals surface area contributed by atoms with E-state index in [-0.39, 0.29) is 5.82 Å². The first-order chi connectivity index (χ1) is 9.16. The minimum Gasteiger partial charge on any atom is -0.325 e. The van der Waals surface area contributed by atoms with Gasteiger partial charge in [-0.3, -0.25) is 0 Å². The van der Waals surface area contributed by atoms with Crippen molar-refractivity contribution in [3.8, 4) is 0 Å². The number of hydrogen-bond acceptors (Lipinski definition) is 2. The molecule has 1 aromatic heterocycles. The van der Waals surface area contributed by atoms with Crippen LogP contribution in [-0.2, 0) is 6.42 Å². The van der Waals surface area contributed by atoms with Crippen molar-refractivity contribution in [3.63, 3.8) is 0 Å². The second-order valence-corrected chi connectivity index (χ2v) is 5.60. The number of rotatable bonds is 5. The Balaban J connectivity index is 1.93. The Labute approximate surface area is 112 Å². The first kappa shape index (κ1) is 12.6. The topological polar surface area (TPSA) is 29.9 Å². The molecule has 1 fully saturated rings. The third-order valence-corrected chi connectivity index (χ3v) is 3.56. The summed E-state index contributed by atoms with van der Waals surface area (Å²) in [4.78, 5) is 4.52. The van der Waals surface area contributed by atoms with Crippen LogP contribution in [0.25, 0.3) is 11.0 Å². The van der Waals surface area contributed by atoms with Gasteiger partial charge < -0.3 is 9.88 Å². The summed E-state index contributed by atoms with van der Waals surface area (Å²) in [7, 11) is 0. The fourth-order valence-electron chi connectivity index (χ4n) is 2.52. The van der Waals surface area contributed by atoms with Gasteiger partial charge in [0.2, 0.25) is 0 Å². The summed E-state index contributed by atoms with van der Waals surface area (Å²) >= 11 is 0. The molecule has 0 amide bonds.